The van der Waals surface area contributed by atoms with Crippen LogP contribution in [-0.4, -0.2) is 14.8 Å². The van der Waals surface area contributed by atoms with Gasteiger partial charge in [0.1, 0.15) is 12.0 Å². The van der Waals surface area contributed by atoms with E-state index in [2.05, 4.69) is 190 Å². The van der Waals surface area contributed by atoms with Gasteiger partial charge in [-0.15, -0.1) is 0 Å². The summed E-state index contributed by atoms with van der Waals surface area (Å²) in [6, 6.07) is 62.8. The summed E-state index contributed by atoms with van der Waals surface area (Å²) in [5.74, 6) is 1.00. The molecule has 1 aliphatic heterocycles. The van der Waals surface area contributed by atoms with E-state index in [1.807, 2.05) is 6.07 Å². The molecule has 2 aromatic heterocycles. The van der Waals surface area contributed by atoms with Gasteiger partial charge in [-0.1, -0.05) is 127 Å². The molecular formula is C46H32N4. The predicted molar refractivity (Wildman–Crippen MR) is 209 cm³/mol. The van der Waals surface area contributed by atoms with Gasteiger partial charge in [-0.05, 0) is 70.8 Å². The Hall–Kier alpha value is -6.65. The molecule has 0 bridgehead atoms. The number of nitrogens with one attached hydrogen (secondary N) is 1. The van der Waals surface area contributed by atoms with E-state index in [0.29, 0.717) is 0 Å². The van der Waals surface area contributed by atoms with Gasteiger partial charge in [0.05, 0.1) is 27.8 Å². The Morgan fingerprint density at radius 1 is 0.420 bits per heavy atom. The summed E-state index contributed by atoms with van der Waals surface area (Å²) < 4.78 is 4.73. The van der Waals surface area contributed by atoms with Crippen LogP contribution >= 0.6 is 0 Å². The maximum absolute atomic E-state index is 5.18. The first-order valence-electron chi connectivity index (χ1n) is 17.1. The Morgan fingerprint density at radius 3 is 1.56 bits per heavy atom. The highest BCUT2D eigenvalue weighted by Crippen LogP contribution is 2.38. The largest absolute Gasteiger partial charge is 0.346 e. The van der Waals surface area contributed by atoms with Crippen molar-refractivity contribution >= 4 is 55.1 Å². The first-order chi connectivity index (χ1) is 24.8. The minimum absolute atomic E-state index is 0.216. The predicted octanol–water partition coefficient (Wildman–Crippen LogP) is 11.1. The van der Waals surface area contributed by atoms with Crippen LogP contribution in [0.2, 0.25) is 0 Å². The fourth-order valence-electron chi connectivity index (χ4n) is 7.63. The van der Waals surface area contributed by atoms with Crippen LogP contribution in [0, 0.1) is 0 Å². The highest BCUT2D eigenvalue weighted by atomic mass is 15.2. The molecule has 1 aliphatic rings. The van der Waals surface area contributed by atoms with E-state index >= 15 is 0 Å². The van der Waals surface area contributed by atoms with Gasteiger partial charge in [0.15, 0.2) is 0 Å². The molecule has 1 unspecified atom stereocenters. The fourth-order valence-corrected chi connectivity index (χ4v) is 7.63. The standard InChI is InChI=1S/C46H32N4/c1-4-14-31(15-5-1)40-30-45(48-46(47-40)32-16-6-2-7-17-32)50-42-23-13-11-21-37(42)39-29-34(25-27-44(39)50)33-24-26-43-38(28-33)36-20-10-12-22-41(36)49(43)35-18-8-3-9-19-35/h1-30,46,48H. The first kappa shape index (κ1) is 28.4. The summed E-state index contributed by atoms with van der Waals surface area (Å²) >= 11 is 0. The number of rotatable bonds is 5. The lowest BCUT2D eigenvalue weighted by Crippen LogP contribution is -2.27. The molecule has 1 atom stereocenters. The molecule has 236 valence electrons. The van der Waals surface area contributed by atoms with E-state index in [0.717, 1.165) is 33.7 Å². The van der Waals surface area contributed by atoms with E-state index in [1.54, 1.807) is 0 Å². The molecule has 0 saturated heterocycles. The van der Waals surface area contributed by atoms with Gasteiger partial charge in [0.25, 0.3) is 0 Å². The van der Waals surface area contributed by atoms with Crippen LogP contribution in [0.5, 0.6) is 0 Å². The van der Waals surface area contributed by atoms with Gasteiger partial charge in [-0.3, -0.25) is 9.56 Å². The molecule has 7 aromatic carbocycles. The highest BCUT2D eigenvalue weighted by Gasteiger charge is 2.23. The lowest BCUT2D eigenvalue weighted by Gasteiger charge is -2.26. The zero-order valence-electron chi connectivity index (χ0n) is 27.2. The molecule has 0 amide bonds. The van der Waals surface area contributed by atoms with Crippen molar-refractivity contribution in [1.82, 2.24) is 14.5 Å². The molecule has 0 radical (unpaired) electrons. The molecule has 0 fully saturated rings. The van der Waals surface area contributed by atoms with Gasteiger partial charge in [-0.2, -0.15) is 0 Å². The number of nitrogens with zero attached hydrogens (tertiary/aromatic N) is 3. The monoisotopic (exact) mass is 640 g/mol. The average molecular weight is 641 g/mol. The fraction of sp³-hybridized carbons (Fsp3) is 0.0217. The molecule has 4 nitrogen and oxygen atoms in total. The smallest absolute Gasteiger partial charge is 0.146 e. The Bertz CT molecular complexity index is 2770. The molecule has 0 saturated carbocycles. The summed E-state index contributed by atoms with van der Waals surface area (Å²) in [5, 5.41) is 8.73. The normalized spacial score (nSPS) is 14.6. The van der Waals surface area contributed by atoms with E-state index in [9.17, 15) is 0 Å². The number of hydrogen-bond donors (Lipinski definition) is 1. The second-order valence-corrected chi connectivity index (χ2v) is 12.9. The molecule has 1 N–H and O–H groups in total. The van der Waals surface area contributed by atoms with Crippen molar-refractivity contribution in [2.75, 3.05) is 0 Å². The highest BCUT2D eigenvalue weighted by molar-refractivity contribution is 6.16. The van der Waals surface area contributed by atoms with Crippen molar-refractivity contribution in [2.24, 2.45) is 4.99 Å². The van der Waals surface area contributed by atoms with Crippen LogP contribution in [0.25, 0.3) is 66.2 Å². The molecule has 0 aliphatic carbocycles. The van der Waals surface area contributed by atoms with Crippen LogP contribution in [0.15, 0.2) is 187 Å². The molecule has 0 spiro atoms. The summed E-state index contributed by atoms with van der Waals surface area (Å²) in [6.45, 7) is 0. The van der Waals surface area contributed by atoms with Crippen molar-refractivity contribution in [3.63, 3.8) is 0 Å². The van der Waals surface area contributed by atoms with E-state index in [1.165, 1.54) is 49.4 Å². The van der Waals surface area contributed by atoms with Crippen molar-refractivity contribution < 1.29 is 0 Å². The van der Waals surface area contributed by atoms with Gasteiger partial charge >= 0.3 is 0 Å². The van der Waals surface area contributed by atoms with E-state index in [4.69, 9.17) is 4.99 Å². The van der Waals surface area contributed by atoms with Crippen molar-refractivity contribution in [2.45, 2.75) is 6.17 Å². The minimum Gasteiger partial charge on any atom is -0.346 e. The van der Waals surface area contributed by atoms with Crippen molar-refractivity contribution in [3.8, 4) is 16.8 Å². The molecule has 3 heterocycles. The summed E-state index contributed by atoms with van der Waals surface area (Å²) in [6.07, 6.45) is 1.97. The molecule has 9 aromatic rings. The average Bonchev–Trinajstić information content (AvgIpc) is 3.71. The third-order valence-corrected chi connectivity index (χ3v) is 9.94. The lowest BCUT2D eigenvalue weighted by molar-refractivity contribution is 0.646. The van der Waals surface area contributed by atoms with Crippen LogP contribution in [0.1, 0.15) is 17.3 Å². The maximum atomic E-state index is 5.18. The molecule has 10 rings (SSSR count). The topological polar surface area (TPSA) is 34.2 Å². The minimum atomic E-state index is -0.216. The zero-order valence-corrected chi connectivity index (χ0v) is 27.2. The van der Waals surface area contributed by atoms with Crippen LogP contribution < -0.4 is 5.32 Å². The number of aliphatic imine (C=N–C) groups is 1. The van der Waals surface area contributed by atoms with Crippen molar-refractivity contribution in [1.29, 1.82) is 0 Å². The first-order valence-corrected chi connectivity index (χ1v) is 17.1. The third kappa shape index (κ3) is 4.57. The Labute approximate surface area is 289 Å². The number of aromatic nitrogens is 2. The van der Waals surface area contributed by atoms with Gasteiger partial charge in [-0.25, -0.2) is 0 Å². The number of benzene rings is 7. The molecule has 4 heteroatoms. The molecular weight excluding hydrogens is 609 g/mol. The van der Waals surface area contributed by atoms with Gasteiger partial charge in [0, 0.05) is 33.3 Å². The van der Waals surface area contributed by atoms with Crippen LogP contribution in [0.4, 0.5) is 0 Å². The Balaban J connectivity index is 1.14. The Morgan fingerprint density at radius 2 is 0.920 bits per heavy atom. The Kier molecular flexibility index (Phi) is 6.53. The number of hydrogen-bond acceptors (Lipinski definition) is 2. The quantitative estimate of drug-likeness (QED) is 0.200. The molecule has 50 heavy (non-hydrogen) atoms. The second-order valence-electron chi connectivity index (χ2n) is 12.9. The summed E-state index contributed by atoms with van der Waals surface area (Å²) in [4.78, 5) is 5.18. The lowest BCUT2D eigenvalue weighted by atomic mass is 10.0. The van der Waals surface area contributed by atoms with Crippen LogP contribution in [-0.2, 0) is 0 Å². The SMILES string of the molecule is C1=C(n2c3ccccc3c3cc(-c4ccc5c(c4)c4ccccc4n5-c4ccccc4)ccc32)NC(c2ccccc2)N=C1c1ccccc1. The number of fused-ring (bicyclic) bond motifs is 6. The van der Waals surface area contributed by atoms with Gasteiger partial charge in [0.2, 0.25) is 0 Å². The van der Waals surface area contributed by atoms with Gasteiger partial charge < -0.3 is 9.88 Å². The summed E-state index contributed by atoms with van der Waals surface area (Å²) in [7, 11) is 0. The number of para-hydroxylation sites is 3. The van der Waals surface area contributed by atoms with E-state index in [-0.39, 0.29) is 6.17 Å². The maximum Gasteiger partial charge on any atom is 0.146 e. The third-order valence-electron chi connectivity index (χ3n) is 9.94. The van der Waals surface area contributed by atoms with Crippen LogP contribution in [0.3, 0.4) is 0 Å². The van der Waals surface area contributed by atoms with Crippen molar-refractivity contribution in [3.05, 3.63) is 193 Å². The van der Waals surface area contributed by atoms with E-state index < -0.39 is 0 Å². The number of allylic oxidation sites excluding steroid dienone is 1. The zero-order chi connectivity index (χ0) is 33.0. The second kappa shape index (κ2) is 11.5. The summed E-state index contributed by atoms with van der Waals surface area (Å²) in [5.41, 5.74) is 11.5.